The van der Waals surface area contributed by atoms with Crippen LogP contribution in [-0.4, -0.2) is 93.6 Å². The number of aromatic nitrogens is 2. The second-order valence-electron chi connectivity index (χ2n) is 14.5. The van der Waals surface area contributed by atoms with Crippen LogP contribution in [0.1, 0.15) is 70.3 Å². The maximum Gasteiger partial charge on any atom is 0.429 e. The summed E-state index contributed by atoms with van der Waals surface area (Å²) in [5.41, 5.74) is 2.68. The van der Waals surface area contributed by atoms with E-state index in [0.29, 0.717) is 32.2 Å². The van der Waals surface area contributed by atoms with Gasteiger partial charge >= 0.3 is 6.09 Å². The topological polar surface area (TPSA) is 86.1 Å². The van der Waals surface area contributed by atoms with Gasteiger partial charge in [-0.15, -0.1) is 5.06 Å². The molecule has 3 atom stereocenters. The van der Waals surface area contributed by atoms with Crippen molar-refractivity contribution in [1.29, 1.82) is 0 Å². The number of likely N-dealkylation sites (tertiary alicyclic amines) is 1. The number of hydroxylamine groups is 2. The normalized spacial score (nSPS) is 22.5. The van der Waals surface area contributed by atoms with Crippen molar-refractivity contribution >= 4 is 6.09 Å². The summed E-state index contributed by atoms with van der Waals surface area (Å²) in [6.45, 7) is 12.5. The second kappa shape index (κ2) is 14.7. The molecule has 46 heavy (non-hydrogen) atoms. The molecule has 6 rings (SSSR count). The first-order chi connectivity index (χ1) is 22.3. The molecule has 0 radical (unpaired) electrons. The second-order valence-corrected chi connectivity index (χ2v) is 14.5. The number of rotatable bonds is 9. The monoisotopic (exact) mass is 628 g/mol. The molecule has 0 saturated carbocycles. The summed E-state index contributed by atoms with van der Waals surface area (Å²) in [5.74, 6) is 0.713. The summed E-state index contributed by atoms with van der Waals surface area (Å²) >= 11 is 0. The Labute approximate surface area is 274 Å². The molecule has 4 heterocycles. The van der Waals surface area contributed by atoms with Crippen molar-refractivity contribution in [2.24, 2.45) is 11.3 Å². The molecule has 3 aliphatic heterocycles. The molecular weight excluding hydrogens is 576 g/mol. The van der Waals surface area contributed by atoms with Gasteiger partial charge in [0.2, 0.25) is 0 Å². The van der Waals surface area contributed by atoms with Gasteiger partial charge in [0, 0.05) is 63.0 Å². The lowest BCUT2D eigenvalue weighted by Gasteiger charge is -2.42. The number of nitrogens with zero attached hydrogens (tertiary/aromatic N) is 5. The molecule has 0 aliphatic carbocycles. The standard InChI is InChI=1S/C37H52N6O3/c1-37(2,3)34(35-39-32(29-15-9-5-10-16-29)27-41(35)25-28-13-7-4-8-14-28)43(26-30-23-38-24-33(30)44)36(45)46-42-21-17-31(18-22-42)40-19-11-6-12-20-40/h4-5,7-10,13-16,27,30-31,33-34,38,44H,6,11-12,17-26H2,1-3H3/t30-,33+,34+/m1/s1. The number of amides is 1. The Morgan fingerprint density at radius 2 is 1.65 bits per heavy atom. The first kappa shape index (κ1) is 32.7. The number of benzene rings is 2. The van der Waals surface area contributed by atoms with Crippen molar-refractivity contribution in [3.63, 3.8) is 0 Å². The van der Waals surface area contributed by atoms with Crippen molar-refractivity contribution in [1.82, 2.24) is 29.7 Å². The predicted molar refractivity (Wildman–Crippen MR) is 181 cm³/mol. The van der Waals surface area contributed by atoms with E-state index in [2.05, 4.69) is 78.2 Å². The third kappa shape index (κ3) is 7.82. The van der Waals surface area contributed by atoms with Crippen molar-refractivity contribution in [3.8, 4) is 11.3 Å². The number of aliphatic hydroxyl groups is 1. The Kier molecular flexibility index (Phi) is 10.4. The van der Waals surface area contributed by atoms with Crippen LogP contribution < -0.4 is 5.32 Å². The van der Waals surface area contributed by atoms with Gasteiger partial charge in [-0.05, 0) is 49.8 Å². The first-order valence-corrected chi connectivity index (χ1v) is 17.3. The van der Waals surface area contributed by atoms with E-state index in [1.54, 1.807) is 0 Å². The van der Waals surface area contributed by atoms with Gasteiger partial charge in [-0.25, -0.2) is 9.78 Å². The minimum absolute atomic E-state index is 0.103. The van der Waals surface area contributed by atoms with E-state index in [1.165, 1.54) is 32.4 Å². The zero-order valence-electron chi connectivity index (χ0n) is 27.9. The van der Waals surface area contributed by atoms with E-state index in [-0.39, 0.29) is 17.4 Å². The average molecular weight is 629 g/mol. The number of aliphatic hydroxyl groups excluding tert-OH is 1. The number of carbonyl (C=O) groups is 1. The van der Waals surface area contributed by atoms with Gasteiger partial charge in [0.05, 0.1) is 17.8 Å². The minimum atomic E-state index is -0.528. The molecule has 0 bridgehead atoms. The fraction of sp³-hybridized carbons (Fsp3) is 0.568. The van der Waals surface area contributed by atoms with Crippen molar-refractivity contribution in [2.75, 3.05) is 45.8 Å². The molecule has 3 fully saturated rings. The average Bonchev–Trinajstić information content (AvgIpc) is 3.67. The summed E-state index contributed by atoms with van der Waals surface area (Å²) in [7, 11) is 0. The lowest BCUT2D eigenvalue weighted by Crippen LogP contribution is -2.51. The zero-order chi connectivity index (χ0) is 32.1. The number of hydrogen-bond donors (Lipinski definition) is 2. The summed E-state index contributed by atoms with van der Waals surface area (Å²) in [5, 5.41) is 16.0. The molecule has 0 spiro atoms. The van der Waals surface area contributed by atoms with Gasteiger partial charge in [-0.3, -0.25) is 4.90 Å². The van der Waals surface area contributed by atoms with Gasteiger partial charge in [0.25, 0.3) is 0 Å². The van der Waals surface area contributed by atoms with E-state index in [1.807, 2.05) is 34.2 Å². The van der Waals surface area contributed by atoms with E-state index in [9.17, 15) is 9.90 Å². The van der Waals surface area contributed by atoms with E-state index in [0.717, 1.165) is 48.6 Å². The summed E-state index contributed by atoms with van der Waals surface area (Å²) in [4.78, 5) is 30.4. The third-order valence-electron chi connectivity index (χ3n) is 9.96. The SMILES string of the molecule is CC(C)(C)[C@H](c1nc(-c2ccccc2)cn1Cc1ccccc1)N(C[C@H]1CNC[C@@H]1O)C(=O)ON1CCC(N2CCCCC2)CC1. The fourth-order valence-corrected chi connectivity index (χ4v) is 7.49. The van der Waals surface area contributed by atoms with Crippen LogP contribution in [0.4, 0.5) is 4.79 Å². The molecule has 3 saturated heterocycles. The zero-order valence-corrected chi connectivity index (χ0v) is 27.9. The molecule has 0 unspecified atom stereocenters. The summed E-state index contributed by atoms with van der Waals surface area (Å²) < 4.78 is 2.20. The van der Waals surface area contributed by atoms with Crippen LogP contribution in [0.15, 0.2) is 66.9 Å². The van der Waals surface area contributed by atoms with E-state index >= 15 is 0 Å². The smallest absolute Gasteiger partial charge is 0.391 e. The highest BCUT2D eigenvalue weighted by Gasteiger charge is 2.42. The molecule has 2 aromatic carbocycles. The molecule has 248 valence electrons. The van der Waals surface area contributed by atoms with Crippen molar-refractivity contribution in [3.05, 3.63) is 78.2 Å². The van der Waals surface area contributed by atoms with Crippen LogP contribution >= 0.6 is 0 Å². The van der Waals surface area contributed by atoms with Crippen LogP contribution in [0.2, 0.25) is 0 Å². The van der Waals surface area contributed by atoms with Crippen molar-refractivity contribution < 1.29 is 14.7 Å². The van der Waals surface area contributed by atoms with Gasteiger partial charge < -0.3 is 24.7 Å². The first-order valence-electron chi connectivity index (χ1n) is 17.3. The van der Waals surface area contributed by atoms with E-state index < -0.39 is 12.1 Å². The van der Waals surface area contributed by atoms with Crippen LogP contribution in [-0.2, 0) is 11.4 Å². The maximum absolute atomic E-state index is 14.4. The highest BCUT2D eigenvalue weighted by atomic mass is 16.7. The molecule has 1 aromatic heterocycles. The van der Waals surface area contributed by atoms with Crippen LogP contribution in [0.3, 0.4) is 0 Å². The molecule has 1 amide bonds. The number of nitrogens with one attached hydrogen (secondary N) is 1. The Morgan fingerprint density at radius 3 is 2.28 bits per heavy atom. The molecule has 2 N–H and O–H groups in total. The Bertz CT molecular complexity index is 1390. The number of β-amino-alcohol motifs (C(OH)–C–C–N with tert-alkyl or cyclic N) is 1. The Balaban J connectivity index is 1.31. The molecule has 3 aliphatic rings. The van der Waals surface area contributed by atoms with Crippen molar-refractivity contribution in [2.45, 2.75) is 77.6 Å². The number of imidazole rings is 1. The highest BCUT2D eigenvalue weighted by Crippen LogP contribution is 2.40. The lowest BCUT2D eigenvalue weighted by molar-refractivity contribution is -0.139. The largest absolute Gasteiger partial charge is 0.429 e. The number of carbonyl (C=O) groups excluding carboxylic acids is 1. The van der Waals surface area contributed by atoms with Crippen LogP contribution in [0, 0.1) is 11.3 Å². The van der Waals surface area contributed by atoms with Crippen LogP contribution in [0.5, 0.6) is 0 Å². The summed E-state index contributed by atoms with van der Waals surface area (Å²) in [6, 6.07) is 20.8. The minimum Gasteiger partial charge on any atom is -0.391 e. The van der Waals surface area contributed by atoms with E-state index in [4.69, 9.17) is 9.82 Å². The lowest BCUT2D eigenvalue weighted by atomic mass is 9.84. The summed E-state index contributed by atoms with van der Waals surface area (Å²) in [6.07, 6.45) is 7.12. The Morgan fingerprint density at radius 1 is 0.978 bits per heavy atom. The van der Waals surface area contributed by atoms with Gasteiger partial charge in [-0.1, -0.05) is 87.9 Å². The molecular formula is C37H52N6O3. The third-order valence-corrected chi connectivity index (χ3v) is 9.96. The van der Waals surface area contributed by atoms with Crippen LogP contribution in [0.25, 0.3) is 11.3 Å². The van der Waals surface area contributed by atoms with Gasteiger partial charge in [-0.2, -0.15) is 0 Å². The van der Waals surface area contributed by atoms with Gasteiger partial charge in [0.1, 0.15) is 5.82 Å². The molecule has 3 aromatic rings. The molecule has 9 heteroatoms. The quantitative estimate of drug-likeness (QED) is 0.321. The highest BCUT2D eigenvalue weighted by molar-refractivity contribution is 5.68. The predicted octanol–water partition coefficient (Wildman–Crippen LogP) is 5.57. The molecule has 9 nitrogen and oxygen atoms in total. The maximum atomic E-state index is 14.4. The number of hydrogen-bond acceptors (Lipinski definition) is 7. The number of piperidine rings is 2. The fourth-order valence-electron chi connectivity index (χ4n) is 7.49. The van der Waals surface area contributed by atoms with Gasteiger partial charge in [0.15, 0.2) is 0 Å². The Hall–Kier alpha value is -3.24.